The monoisotopic (exact) mass is 218 g/mol. The van der Waals surface area contributed by atoms with Crippen LogP contribution in [0.25, 0.3) is 0 Å². The van der Waals surface area contributed by atoms with Gasteiger partial charge in [-0.25, -0.2) is 4.68 Å². The van der Waals surface area contributed by atoms with Crippen molar-refractivity contribution < 1.29 is 4.79 Å². The van der Waals surface area contributed by atoms with Crippen molar-refractivity contribution in [2.24, 2.45) is 0 Å². The number of carbonyl (C=O) groups excluding carboxylic acids is 1. The highest BCUT2D eigenvalue weighted by molar-refractivity contribution is 5.75. The van der Waals surface area contributed by atoms with E-state index in [-0.39, 0.29) is 12.5 Å². The summed E-state index contributed by atoms with van der Waals surface area (Å²) in [6.45, 7) is 0.571. The molecule has 1 amide bonds. The van der Waals surface area contributed by atoms with Gasteiger partial charge in [-0.05, 0) is 22.1 Å². The van der Waals surface area contributed by atoms with Crippen LogP contribution in [0.3, 0.4) is 0 Å². The minimum absolute atomic E-state index is 0.118. The number of nitrogens with one attached hydrogen (secondary N) is 1. The Kier molecular flexibility index (Phi) is 3.17. The second-order valence-electron chi connectivity index (χ2n) is 3.15. The molecule has 0 spiro atoms. The molecule has 7 nitrogen and oxygen atoms in total. The maximum atomic E-state index is 11.4. The second kappa shape index (κ2) is 4.96. The van der Waals surface area contributed by atoms with Crippen LogP contribution in [0.5, 0.6) is 0 Å². The Morgan fingerprint density at radius 3 is 3.12 bits per heavy atom. The SMILES string of the molecule is O=C(Cn1cnnn1)NCc1cccnc1. The predicted octanol–water partition coefficient (Wildman–Crippen LogP) is -0.616. The van der Waals surface area contributed by atoms with Gasteiger partial charge < -0.3 is 5.32 Å². The molecule has 0 saturated heterocycles. The fourth-order valence-corrected chi connectivity index (χ4v) is 1.16. The van der Waals surface area contributed by atoms with Gasteiger partial charge in [0.1, 0.15) is 12.9 Å². The molecule has 0 aliphatic heterocycles. The van der Waals surface area contributed by atoms with Crippen LogP contribution in [0.1, 0.15) is 5.56 Å². The first-order valence-corrected chi connectivity index (χ1v) is 4.71. The lowest BCUT2D eigenvalue weighted by Gasteiger charge is -2.03. The summed E-state index contributed by atoms with van der Waals surface area (Å²) in [5.41, 5.74) is 0.951. The number of pyridine rings is 1. The van der Waals surface area contributed by atoms with E-state index < -0.39 is 0 Å². The highest BCUT2D eigenvalue weighted by Crippen LogP contribution is 1.94. The molecule has 1 N–H and O–H groups in total. The van der Waals surface area contributed by atoms with Crippen LogP contribution in [0.2, 0.25) is 0 Å². The third-order valence-electron chi connectivity index (χ3n) is 1.91. The number of hydrogen-bond acceptors (Lipinski definition) is 5. The van der Waals surface area contributed by atoms with Crippen molar-refractivity contribution in [2.45, 2.75) is 13.1 Å². The summed E-state index contributed by atoms with van der Waals surface area (Å²) in [7, 11) is 0. The molecule has 2 rings (SSSR count). The number of nitrogens with zero attached hydrogens (tertiary/aromatic N) is 5. The van der Waals surface area contributed by atoms with E-state index in [1.54, 1.807) is 12.4 Å². The Bertz CT molecular complexity index is 440. The second-order valence-corrected chi connectivity index (χ2v) is 3.15. The van der Waals surface area contributed by atoms with E-state index in [0.29, 0.717) is 6.54 Å². The van der Waals surface area contributed by atoms with Gasteiger partial charge >= 0.3 is 0 Å². The normalized spacial score (nSPS) is 10.0. The predicted molar refractivity (Wildman–Crippen MR) is 53.9 cm³/mol. The molecule has 0 aromatic carbocycles. The summed E-state index contributed by atoms with van der Waals surface area (Å²) in [4.78, 5) is 15.4. The van der Waals surface area contributed by atoms with Gasteiger partial charge in [0.2, 0.25) is 5.91 Å². The Hall–Kier alpha value is -2.31. The zero-order chi connectivity index (χ0) is 11.2. The first-order valence-electron chi connectivity index (χ1n) is 4.71. The van der Waals surface area contributed by atoms with Crippen LogP contribution in [-0.4, -0.2) is 31.1 Å². The van der Waals surface area contributed by atoms with Crippen molar-refractivity contribution in [3.05, 3.63) is 36.4 Å². The average Bonchev–Trinajstić information content (AvgIpc) is 2.81. The number of hydrogen-bond donors (Lipinski definition) is 1. The third-order valence-corrected chi connectivity index (χ3v) is 1.91. The zero-order valence-electron chi connectivity index (χ0n) is 8.45. The first kappa shape index (κ1) is 10.2. The summed E-state index contributed by atoms with van der Waals surface area (Å²) >= 11 is 0. The molecular formula is C9H10N6O. The zero-order valence-corrected chi connectivity index (χ0v) is 8.45. The molecule has 0 atom stereocenters. The van der Waals surface area contributed by atoms with Crippen LogP contribution in [0, 0.1) is 0 Å². The molecule has 0 aliphatic carbocycles. The minimum atomic E-state index is -0.142. The van der Waals surface area contributed by atoms with Crippen molar-refractivity contribution >= 4 is 5.91 Å². The molecule has 2 heterocycles. The highest BCUT2D eigenvalue weighted by Gasteiger charge is 2.03. The molecule has 7 heteroatoms. The quantitative estimate of drug-likeness (QED) is 0.739. The minimum Gasteiger partial charge on any atom is -0.350 e. The van der Waals surface area contributed by atoms with E-state index >= 15 is 0 Å². The smallest absolute Gasteiger partial charge is 0.242 e. The van der Waals surface area contributed by atoms with Gasteiger partial charge in [0.15, 0.2) is 0 Å². The Balaban J connectivity index is 1.80. The van der Waals surface area contributed by atoms with E-state index in [9.17, 15) is 4.79 Å². The third kappa shape index (κ3) is 2.84. The lowest BCUT2D eigenvalue weighted by Crippen LogP contribution is -2.27. The van der Waals surface area contributed by atoms with Crippen molar-refractivity contribution in [3.63, 3.8) is 0 Å². The van der Waals surface area contributed by atoms with E-state index in [2.05, 4.69) is 25.8 Å². The summed E-state index contributed by atoms with van der Waals surface area (Å²) in [5.74, 6) is -0.142. The van der Waals surface area contributed by atoms with Gasteiger partial charge in [0.25, 0.3) is 0 Å². The number of tetrazole rings is 1. The van der Waals surface area contributed by atoms with E-state index in [1.807, 2.05) is 12.1 Å². The van der Waals surface area contributed by atoms with Crippen LogP contribution < -0.4 is 5.32 Å². The molecule has 16 heavy (non-hydrogen) atoms. The van der Waals surface area contributed by atoms with Crippen LogP contribution >= 0.6 is 0 Å². The van der Waals surface area contributed by atoms with Gasteiger partial charge in [-0.15, -0.1) is 5.10 Å². The number of carbonyl (C=O) groups is 1. The standard InChI is InChI=1S/C9H10N6O/c16-9(6-15-7-12-13-14-15)11-5-8-2-1-3-10-4-8/h1-4,7H,5-6H2,(H,11,16). The maximum absolute atomic E-state index is 11.4. The fraction of sp³-hybridized carbons (Fsp3) is 0.222. The van der Waals surface area contributed by atoms with E-state index in [4.69, 9.17) is 0 Å². The molecule has 2 aromatic rings. The molecule has 0 saturated carbocycles. The molecule has 0 fully saturated rings. The lowest BCUT2D eigenvalue weighted by molar-refractivity contribution is -0.122. The van der Waals surface area contributed by atoms with Crippen LogP contribution in [0.15, 0.2) is 30.9 Å². The first-order chi connectivity index (χ1) is 7.84. The largest absolute Gasteiger partial charge is 0.350 e. The summed E-state index contributed by atoms with van der Waals surface area (Å²) in [6.07, 6.45) is 4.79. The molecule has 0 aliphatic rings. The fourth-order valence-electron chi connectivity index (χ4n) is 1.16. The summed E-state index contributed by atoms with van der Waals surface area (Å²) in [6, 6.07) is 3.72. The summed E-state index contributed by atoms with van der Waals surface area (Å²) in [5, 5.41) is 13.2. The summed E-state index contributed by atoms with van der Waals surface area (Å²) < 4.78 is 1.36. The Morgan fingerprint density at radius 2 is 2.44 bits per heavy atom. The van der Waals surface area contributed by atoms with Gasteiger partial charge in [0, 0.05) is 18.9 Å². The van der Waals surface area contributed by atoms with Crippen molar-refractivity contribution in [2.75, 3.05) is 0 Å². The number of aromatic nitrogens is 5. The molecule has 2 aromatic heterocycles. The molecule has 0 unspecified atom stereocenters. The van der Waals surface area contributed by atoms with E-state index in [1.165, 1.54) is 11.0 Å². The van der Waals surface area contributed by atoms with Gasteiger partial charge in [0.05, 0.1) is 0 Å². The van der Waals surface area contributed by atoms with Crippen LogP contribution in [0.4, 0.5) is 0 Å². The number of amides is 1. The molecule has 82 valence electrons. The van der Waals surface area contributed by atoms with E-state index in [0.717, 1.165) is 5.56 Å². The van der Waals surface area contributed by atoms with Crippen molar-refractivity contribution in [1.82, 2.24) is 30.5 Å². The average molecular weight is 218 g/mol. The Morgan fingerprint density at radius 1 is 1.50 bits per heavy atom. The molecule has 0 radical (unpaired) electrons. The Labute approximate surface area is 91.5 Å². The number of rotatable bonds is 4. The molecule has 0 bridgehead atoms. The maximum Gasteiger partial charge on any atom is 0.242 e. The van der Waals surface area contributed by atoms with Gasteiger partial charge in [-0.2, -0.15) is 0 Å². The van der Waals surface area contributed by atoms with Gasteiger partial charge in [-0.3, -0.25) is 9.78 Å². The van der Waals surface area contributed by atoms with Crippen molar-refractivity contribution in [1.29, 1.82) is 0 Å². The van der Waals surface area contributed by atoms with Crippen LogP contribution in [-0.2, 0) is 17.9 Å². The topological polar surface area (TPSA) is 85.6 Å². The highest BCUT2D eigenvalue weighted by atomic mass is 16.2. The molecular weight excluding hydrogens is 208 g/mol. The van der Waals surface area contributed by atoms with Gasteiger partial charge in [-0.1, -0.05) is 6.07 Å². The van der Waals surface area contributed by atoms with Crippen molar-refractivity contribution in [3.8, 4) is 0 Å². The lowest BCUT2D eigenvalue weighted by atomic mass is 10.3.